The monoisotopic (exact) mass is 503 g/mol. The molecule has 0 spiro atoms. The predicted octanol–water partition coefficient (Wildman–Crippen LogP) is 5.30. The molecule has 0 bridgehead atoms. The van der Waals surface area contributed by atoms with Crippen molar-refractivity contribution in [2.45, 2.75) is 31.6 Å². The van der Waals surface area contributed by atoms with Gasteiger partial charge in [0, 0.05) is 27.8 Å². The number of allylic oxidation sites excluding steroid dienone is 1. The molecule has 1 aromatic heterocycles. The number of nitrogens with one attached hydrogen (secondary N) is 2. The maximum absolute atomic E-state index is 12.6. The fourth-order valence-electron chi connectivity index (χ4n) is 3.00. The maximum Gasteiger partial charge on any atom is 0.251 e. The molecule has 7 nitrogen and oxygen atoms in total. The highest BCUT2D eigenvalue weighted by molar-refractivity contribution is 7.99. The predicted molar refractivity (Wildman–Crippen MR) is 133 cm³/mol. The van der Waals surface area contributed by atoms with Crippen molar-refractivity contribution in [2.24, 2.45) is 0 Å². The molecule has 33 heavy (non-hydrogen) atoms. The molecule has 0 radical (unpaired) electrons. The molecular formula is C23H23Cl2N5O2S. The highest BCUT2D eigenvalue weighted by Gasteiger charge is 2.20. The summed E-state index contributed by atoms with van der Waals surface area (Å²) in [5, 5.41) is 15.8. The van der Waals surface area contributed by atoms with Gasteiger partial charge in [-0.25, -0.2) is 0 Å². The number of carbonyl (C=O) groups is 2. The third kappa shape index (κ3) is 6.60. The van der Waals surface area contributed by atoms with Gasteiger partial charge in [-0.3, -0.25) is 9.59 Å². The summed E-state index contributed by atoms with van der Waals surface area (Å²) < 4.78 is 1.82. The molecular weight excluding hydrogens is 481 g/mol. The van der Waals surface area contributed by atoms with E-state index in [0.29, 0.717) is 38.8 Å². The van der Waals surface area contributed by atoms with E-state index in [4.69, 9.17) is 23.2 Å². The van der Waals surface area contributed by atoms with Gasteiger partial charge in [-0.15, -0.1) is 16.8 Å². The molecule has 2 amide bonds. The van der Waals surface area contributed by atoms with Gasteiger partial charge >= 0.3 is 0 Å². The minimum atomic E-state index is -0.429. The molecule has 0 aliphatic heterocycles. The van der Waals surface area contributed by atoms with Crippen LogP contribution in [0.4, 0.5) is 5.69 Å². The van der Waals surface area contributed by atoms with Gasteiger partial charge in [0.1, 0.15) is 0 Å². The lowest BCUT2D eigenvalue weighted by Gasteiger charge is -2.15. The maximum atomic E-state index is 12.6. The Balaban J connectivity index is 1.66. The third-order valence-corrected chi connectivity index (χ3v) is 6.28. The van der Waals surface area contributed by atoms with Gasteiger partial charge in [0.2, 0.25) is 5.91 Å². The van der Waals surface area contributed by atoms with E-state index in [1.54, 1.807) is 42.5 Å². The molecule has 1 heterocycles. The van der Waals surface area contributed by atoms with Crippen LogP contribution >= 0.6 is 35.0 Å². The number of rotatable bonds is 9. The van der Waals surface area contributed by atoms with Crippen molar-refractivity contribution in [1.29, 1.82) is 0 Å². The molecule has 172 valence electrons. The Kier molecular flexibility index (Phi) is 8.55. The van der Waals surface area contributed by atoms with Crippen LogP contribution in [0, 0.1) is 6.92 Å². The van der Waals surface area contributed by atoms with Crippen LogP contribution < -0.4 is 10.6 Å². The number of carbonyl (C=O) groups excluding carboxylic acids is 2. The van der Waals surface area contributed by atoms with Gasteiger partial charge in [-0.05, 0) is 49.7 Å². The Morgan fingerprint density at radius 3 is 2.70 bits per heavy atom. The molecule has 1 unspecified atom stereocenters. The zero-order valence-electron chi connectivity index (χ0n) is 18.1. The van der Waals surface area contributed by atoms with Gasteiger partial charge in [-0.1, -0.05) is 53.2 Å². The van der Waals surface area contributed by atoms with Gasteiger partial charge in [0.25, 0.3) is 5.91 Å². The van der Waals surface area contributed by atoms with Gasteiger partial charge < -0.3 is 15.2 Å². The minimum Gasteiger partial charge on any atom is -0.342 e. The Hall–Kier alpha value is -2.81. The van der Waals surface area contributed by atoms with E-state index in [9.17, 15) is 9.59 Å². The summed E-state index contributed by atoms with van der Waals surface area (Å²) in [6.45, 7) is 7.92. The van der Waals surface area contributed by atoms with E-state index in [-0.39, 0.29) is 17.6 Å². The highest BCUT2D eigenvalue weighted by atomic mass is 35.5. The molecule has 2 aromatic carbocycles. The van der Waals surface area contributed by atoms with Crippen LogP contribution in [-0.2, 0) is 11.3 Å². The fourth-order valence-corrected chi connectivity index (χ4v) is 4.13. The van der Waals surface area contributed by atoms with E-state index in [2.05, 4.69) is 27.4 Å². The first-order chi connectivity index (χ1) is 15.8. The smallest absolute Gasteiger partial charge is 0.251 e. The summed E-state index contributed by atoms with van der Waals surface area (Å²) >= 11 is 13.3. The van der Waals surface area contributed by atoms with Gasteiger partial charge in [0.15, 0.2) is 11.0 Å². The normalized spacial score (nSPS) is 11.6. The number of aromatic nitrogens is 3. The molecule has 0 saturated carbocycles. The molecule has 1 atom stereocenters. The highest BCUT2D eigenvalue weighted by Crippen LogP contribution is 2.23. The van der Waals surface area contributed by atoms with Crippen LogP contribution in [0.5, 0.6) is 0 Å². The first-order valence-corrected chi connectivity index (χ1v) is 11.8. The topological polar surface area (TPSA) is 88.9 Å². The summed E-state index contributed by atoms with van der Waals surface area (Å²) in [6, 6.07) is 11.6. The Morgan fingerprint density at radius 1 is 1.21 bits per heavy atom. The number of amides is 2. The number of thioether (sulfide) groups is 1. The van der Waals surface area contributed by atoms with E-state index in [1.807, 2.05) is 24.5 Å². The first kappa shape index (κ1) is 24.8. The second-order valence-electron chi connectivity index (χ2n) is 7.25. The van der Waals surface area contributed by atoms with Gasteiger partial charge in [0.05, 0.1) is 11.8 Å². The third-order valence-electron chi connectivity index (χ3n) is 4.67. The average molecular weight is 504 g/mol. The number of hydrogen-bond acceptors (Lipinski definition) is 5. The molecule has 3 aromatic rings. The number of aryl methyl sites for hydroxylation is 1. The van der Waals surface area contributed by atoms with Crippen molar-refractivity contribution in [2.75, 3.05) is 11.1 Å². The first-order valence-electron chi connectivity index (χ1n) is 10.1. The van der Waals surface area contributed by atoms with Crippen molar-refractivity contribution in [3.8, 4) is 0 Å². The van der Waals surface area contributed by atoms with Crippen molar-refractivity contribution < 1.29 is 9.59 Å². The van der Waals surface area contributed by atoms with E-state index in [0.717, 1.165) is 5.56 Å². The van der Waals surface area contributed by atoms with Crippen LogP contribution in [0.25, 0.3) is 0 Å². The van der Waals surface area contributed by atoms with Gasteiger partial charge in [-0.2, -0.15) is 0 Å². The number of anilines is 1. The van der Waals surface area contributed by atoms with Crippen LogP contribution in [0.1, 0.15) is 34.7 Å². The lowest BCUT2D eigenvalue weighted by atomic mass is 10.2. The second kappa shape index (κ2) is 11.4. The zero-order chi connectivity index (χ0) is 24.0. The second-order valence-corrected chi connectivity index (χ2v) is 9.03. The SMILES string of the molecule is C=CCn1c(SCC(=O)Nc2ccc(C)c(Cl)c2)nnc1C(C)NC(=O)c1cccc(Cl)c1. The molecule has 0 saturated heterocycles. The van der Waals surface area contributed by atoms with Crippen molar-refractivity contribution in [1.82, 2.24) is 20.1 Å². The van der Waals surface area contributed by atoms with Crippen molar-refractivity contribution >= 4 is 52.5 Å². The molecule has 0 aliphatic carbocycles. The summed E-state index contributed by atoms with van der Waals surface area (Å²) in [7, 11) is 0. The van der Waals surface area contributed by atoms with Crippen LogP contribution in [-0.4, -0.2) is 32.3 Å². The minimum absolute atomic E-state index is 0.129. The molecule has 0 aliphatic rings. The van der Waals surface area contributed by atoms with Crippen LogP contribution in [0.3, 0.4) is 0 Å². The van der Waals surface area contributed by atoms with E-state index in [1.165, 1.54) is 11.8 Å². The zero-order valence-corrected chi connectivity index (χ0v) is 20.5. The Morgan fingerprint density at radius 2 is 2.00 bits per heavy atom. The van der Waals surface area contributed by atoms with Crippen molar-refractivity contribution in [3.63, 3.8) is 0 Å². The van der Waals surface area contributed by atoms with Crippen LogP contribution in [0.2, 0.25) is 10.0 Å². The fraction of sp³-hybridized carbons (Fsp3) is 0.217. The Bertz CT molecular complexity index is 1180. The number of halogens is 2. The van der Waals surface area contributed by atoms with Crippen LogP contribution in [0.15, 0.2) is 60.3 Å². The lowest BCUT2D eigenvalue weighted by Crippen LogP contribution is -2.28. The van der Waals surface area contributed by atoms with E-state index >= 15 is 0 Å². The lowest BCUT2D eigenvalue weighted by molar-refractivity contribution is -0.113. The number of benzene rings is 2. The molecule has 10 heteroatoms. The average Bonchev–Trinajstić information content (AvgIpc) is 3.18. The molecule has 3 rings (SSSR count). The Labute approximate surface area is 206 Å². The van der Waals surface area contributed by atoms with E-state index < -0.39 is 6.04 Å². The summed E-state index contributed by atoms with van der Waals surface area (Å²) in [5.74, 6) is 0.211. The summed E-state index contributed by atoms with van der Waals surface area (Å²) in [6.07, 6.45) is 1.71. The quantitative estimate of drug-likeness (QED) is 0.305. The number of nitrogens with zero attached hydrogens (tertiary/aromatic N) is 3. The largest absolute Gasteiger partial charge is 0.342 e. The molecule has 2 N–H and O–H groups in total. The standard InChI is InChI=1S/C23H23Cl2N5O2S/c1-4-10-30-21(15(3)26-22(32)16-6-5-7-17(24)11-16)28-29-23(30)33-13-20(31)27-18-9-8-14(2)19(25)12-18/h4-9,11-12,15H,1,10,13H2,2-3H3,(H,26,32)(H,27,31). The summed E-state index contributed by atoms with van der Waals surface area (Å²) in [5.41, 5.74) is 2.01. The molecule has 0 fully saturated rings. The number of hydrogen-bond donors (Lipinski definition) is 2. The summed E-state index contributed by atoms with van der Waals surface area (Å²) in [4.78, 5) is 25.0. The van der Waals surface area contributed by atoms with Crippen molar-refractivity contribution in [3.05, 3.63) is 82.1 Å².